The van der Waals surface area contributed by atoms with Crippen LogP contribution >= 0.6 is 0 Å². The van der Waals surface area contributed by atoms with Gasteiger partial charge in [-0.05, 0) is 62.5 Å². The third-order valence-corrected chi connectivity index (χ3v) is 4.46. The highest BCUT2D eigenvalue weighted by Crippen LogP contribution is 2.18. The monoisotopic (exact) mass is 312 g/mol. The molecule has 3 rings (SSSR count). The minimum absolute atomic E-state index is 0.000264. The molecule has 0 spiro atoms. The summed E-state index contributed by atoms with van der Waals surface area (Å²) >= 11 is 0. The summed E-state index contributed by atoms with van der Waals surface area (Å²) in [5, 5.41) is 10.7. The number of hydrogen-bond acceptors (Lipinski definition) is 3. The average Bonchev–Trinajstić information content (AvgIpc) is 3.26. The average molecular weight is 312 g/mol. The zero-order valence-electron chi connectivity index (χ0n) is 13.5. The van der Waals surface area contributed by atoms with E-state index in [1.807, 2.05) is 42.1 Å². The molecule has 2 unspecified atom stereocenters. The van der Waals surface area contributed by atoms with E-state index in [-0.39, 0.29) is 11.9 Å². The molecule has 5 nitrogen and oxygen atoms in total. The molecule has 1 aromatic carbocycles. The molecule has 2 heterocycles. The normalized spacial score (nSPS) is 18.7. The van der Waals surface area contributed by atoms with Gasteiger partial charge >= 0.3 is 0 Å². The minimum atomic E-state index is -0.000264. The largest absolute Gasteiger partial charge is 0.350 e. The lowest BCUT2D eigenvalue weighted by Gasteiger charge is -2.16. The van der Waals surface area contributed by atoms with Gasteiger partial charge in [0.05, 0.1) is 11.7 Å². The molecule has 23 heavy (non-hydrogen) atoms. The van der Waals surface area contributed by atoms with Crippen LogP contribution < -0.4 is 10.6 Å². The Labute approximate surface area is 137 Å². The molecular formula is C18H24N4O. The smallest absolute Gasteiger partial charge is 0.220 e. The lowest BCUT2D eigenvalue weighted by molar-refractivity contribution is -0.122. The van der Waals surface area contributed by atoms with E-state index < -0.39 is 0 Å². The van der Waals surface area contributed by atoms with Crippen LogP contribution in [0.3, 0.4) is 0 Å². The summed E-state index contributed by atoms with van der Waals surface area (Å²) in [6.07, 6.45) is 6.44. The van der Waals surface area contributed by atoms with Crippen LogP contribution in [0.25, 0.3) is 5.69 Å². The third kappa shape index (κ3) is 4.20. The lowest BCUT2D eigenvalue weighted by Crippen LogP contribution is -2.27. The fourth-order valence-corrected chi connectivity index (χ4v) is 3.05. The van der Waals surface area contributed by atoms with Gasteiger partial charge in [0.15, 0.2) is 0 Å². The molecule has 5 heteroatoms. The summed E-state index contributed by atoms with van der Waals surface area (Å²) in [5.74, 6) is 0.785. The number of hydrogen-bond donors (Lipinski definition) is 2. The molecule has 1 amide bonds. The molecule has 0 saturated carbocycles. The first-order chi connectivity index (χ1) is 11.2. The molecule has 1 fully saturated rings. The molecular weight excluding hydrogens is 288 g/mol. The van der Waals surface area contributed by atoms with Crippen molar-refractivity contribution in [2.75, 3.05) is 13.1 Å². The van der Waals surface area contributed by atoms with E-state index in [0.29, 0.717) is 12.3 Å². The van der Waals surface area contributed by atoms with Crippen LogP contribution in [0.4, 0.5) is 0 Å². The Morgan fingerprint density at radius 3 is 3.13 bits per heavy atom. The van der Waals surface area contributed by atoms with Gasteiger partial charge in [0.25, 0.3) is 0 Å². The molecule has 1 saturated heterocycles. The minimum Gasteiger partial charge on any atom is -0.350 e. The number of benzene rings is 1. The van der Waals surface area contributed by atoms with Gasteiger partial charge in [-0.25, -0.2) is 4.68 Å². The van der Waals surface area contributed by atoms with Crippen molar-refractivity contribution in [3.8, 4) is 5.69 Å². The first kappa shape index (κ1) is 15.7. The van der Waals surface area contributed by atoms with Gasteiger partial charge in [-0.3, -0.25) is 4.79 Å². The molecule has 1 aliphatic heterocycles. The summed E-state index contributed by atoms with van der Waals surface area (Å²) in [6.45, 7) is 4.16. The van der Waals surface area contributed by atoms with Crippen LogP contribution in [0, 0.1) is 5.92 Å². The van der Waals surface area contributed by atoms with Crippen molar-refractivity contribution in [3.63, 3.8) is 0 Å². The predicted octanol–water partition coefficient (Wildman–Crippen LogP) is 2.44. The quantitative estimate of drug-likeness (QED) is 0.861. The van der Waals surface area contributed by atoms with E-state index in [0.717, 1.165) is 30.8 Å². The molecule has 2 aromatic rings. The van der Waals surface area contributed by atoms with Crippen LogP contribution in [-0.4, -0.2) is 28.8 Å². The van der Waals surface area contributed by atoms with Crippen LogP contribution in [0.5, 0.6) is 0 Å². The van der Waals surface area contributed by atoms with E-state index in [1.165, 1.54) is 6.42 Å². The summed E-state index contributed by atoms with van der Waals surface area (Å²) in [4.78, 5) is 12.1. The van der Waals surface area contributed by atoms with Gasteiger partial charge in [-0.15, -0.1) is 0 Å². The Morgan fingerprint density at radius 1 is 1.48 bits per heavy atom. The highest BCUT2D eigenvalue weighted by molar-refractivity contribution is 5.76. The van der Waals surface area contributed by atoms with Gasteiger partial charge in [0, 0.05) is 18.8 Å². The van der Waals surface area contributed by atoms with Crippen LogP contribution in [0.1, 0.15) is 37.8 Å². The highest BCUT2D eigenvalue weighted by atomic mass is 16.1. The molecule has 122 valence electrons. The van der Waals surface area contributed by atoms with E-state index in [4.69, 9.17) is 0 Å². The topological polar surface area (TPSA) is 59.0 Å². The number of carbonyl (C=O) groups excluding carboxylic acids is 1. The highest BCUT2D eigenvalue weighted by Gasteiger charge is 2.17. The van der Waals surface area contributed by atoms with Gasteiger partial charge in [0.1, 0.15) is 0 Å². The molecule has 0 aliphatic carbocycles. The molecule has 1 aliphatic rings. The maximum absolute atomic E-state index is 12.1. The van der Waals surface area contributed by atoms with Gasteiger partial charge in [-0.1, -0.05) is 12.1 Å². The van der Waals surface area contributed by atoms with Gasteiger partial charge in [-0.2, -0.15) is 5.10 Å². The molecule has 0 bridgehead atoms. The first-order valence-electron chi connectivity index (χ1n) is 8.32. The van der Waals surface area contributed by atoms with Crippen molar-refractivity contribution < 1.29 is 4.79 Å². The number of nitrogens with one attached hydrogen (secondary N) is 2. The zero-order valence-corrected chi connectivity index (χ0v) is 13.5. The number of aromatic nitrogens is 2. The summed E-state index contributed by atoms with van der Waals surface area (Å²) in [6, 6.07) is 10.0. The van der Waals surface area contributed by atoms with Gasteiger partial charge < -0.3 is 10.6 Å². The van der Waals surface area contributed by atoms with E-state index >= 15 is 0 Å². The zero-order chi connectivity index (χ0) is 16.1. The van der Waals surface area contributed by atoms with Crippen LogP contribution in [-0.2, 0) is 4.79 Å². The standard InChI is InChI=1S/C18H24N4O/c1-14(21-18(23)7-6-15-8-10-19-13-15)16-4-2-5-17(12-16)22-11-3-9-20-22/h2-5,9,11-12,14-15,19H,6-8,10,13H2,1H3,(H,21,23). The summed E-state index contributed by atoms with van der Waals surface area (Å²) in [5.41, 5.74) is 2.10. The second-order valence-electron chi connectivity index (χ2n) is 6.23. The van der Waals surface area contributed by atoms with Crippen molar-refractivity contribution >= 4 is 5.91 Å². The number of amides is 1. The Hall–Kier alpha value is -2.14. The van der Waals surface area contributed by atoms with Crippen LogP contribution in [0.2, 0.25) is 0 Å². The fraction of sp³-hybridized carbons (Fsp3) is 0.444. The SMILES string of the molecule is CC(NC(=O)CCC1CCNC1)c1cccc(-n2cccn2)c1. The summed E-state index contributed by atoms with van der Waals surface area (Å²) in [7, 11) is 0. The predicted molar refractivity (Wildman–Crippen MR) is 90.3 cm³/mol. The Bertz CT molecular complexity index is 632. The Kier molecular flexibility index (Phi) is 5.08. The van der Waals surface area contributed by atoms with Crippen molar-refractivity contribution in [2.45, 2.75) is 32.2 Å². The summed E-state index contributed by atoms with van der Waals surface area (Å²) < 4.78 is 1.82. The number of carbonyl (C=O) groups is 1. The van der Waals surface area contributed by atoms with Gasteiger partial charge in [0.2, 0.25) is 5.91 Å². The number of rotatable bonds is 6. The van der Waals surface area contributed by atoms with Crippen LogP contribution in [0.15, 0.2) is 42.7 Å². The molecule has 1 aromatic heterocycles. The Balaban J connectivity index is 1.56. The second-order valence-corrected chi connectivity index (χ2v) is 6.23. The van der Waals surface area contributed by atoms with E-state index in [1.54, 1.807) is 6.20 Å². The van der Waals surface area contributed by atoms with Crippen molar-refractivity contribution in [2.24, 2.45) is 5.92 Å². The third-order valence-electron chi connectivity index (χ3n) is 4.46. The molecule has 2 atom stereocenters. The fourth-order valence-electron chi connectivity index (χ4n) is 3.05. The number of nitrogens with zero attached hydrogens (tertiary/aromatic N) is 2. The van der Waals surface area contributed by atoms with Crippen molar-refractivity contribution in [3.05, 3.63) is 48.3 Å². The lowest BCUT2D eigenvalue weighted by atomic mass is 10.0. The first-order valence-corrected chi connectivity index (χ1v) is 8.32. The van der Waals surface area contributed by atoms with E-state index in [2.05, 4.69) is 21.8 Å². The second kappa shape index (κ2) is 7.42. The maximum atomic E-state index is 12.1. The molecule has 2 N–H and O–H groups in total. The van der Waals surface area contributed by atoms with Crippen molar-refractivity contribution in [1.29, 1.82) is 0 Å². The van der Waals surface area contributed by atoms with E-state index in [9.17, 15) is 4.79 Å². The maximum Gasteiger partial charge on any atom is 0.220 e. The molecule has 0 radical (unpaired) electrons. The Morgan fingerprint density at radius 2 is 2.39 bits per heavy atom. The van der Waals surface area contributed by atoms with Crippen molar-refractivity contribution in [1.82, 2.24) is 20.4 Å².